The van der Waals surface area contributed by atoms with Gasteiger partial charge in [0.2, 0.25) is 0 Å². The largest absolute Gasteiger partial charge is 0.375 e. The molecule has 28 heavy (non-hydrogen) atoms. The maximum Gasteiger partial charge on any atom is 0.148 e. The molecule has 0 amide bonds. The van der Waals surface area contributed by atoms with Gasteiger partial charge in [0.1, 0.15) is 27.0 Å². The first-order valence-electron chi connectivity index (χ1n) is 8.88. The second-order valence-corrected chi connectivity index (χ2v) is 9.54. The van der Waals surface area contributed by atoms with Crippen molar-refractivity contribution in [3.05, 3.63) is 41.9 Å². The molecule has 0 bridgehead atoms. The van der Waals surface area contributed by atoms with Crippen molar-refractivity contribution in [1.29, 1.82) is 0 Å². The quantitative estimate of drug-likeness (QED) is 0.623. The molecule has 4 rings (SSSR count). The van der Waals surface area contributed by atoms with Gasteiger partial charge in [-0.15, -0.1) is 0 Å². The molecular formula is C18H20ClN5O3S. The van der Waals surface area contributed by atoms with Crippen molar-refractivity contribution in [1.82, 2.24) is 19.4 Å². The predicted molar refractivity (Wildman–Crippen MR) is 108 cm³/mol. The number of sulfone groups is 1. The molecule has 1 aliphatic rings. The number of ether oxygens (including phenoxy) is 1. The van der Waals surface area contributed by atoms with E-state index >= 15 is 0 Å². The number of halogens is 1. The molecule has 0 saturated carbocycles. The van der Waals surface area contributed by atoms with Crippen LogP contribution in [0.15, 0.2) is 36.9 Å². The number of hydrogen-bond donors (Lipinski definition) is 0. The van der Waals surface area contributed by atoms with Crippen LogP contribution in [0.4, 0.5) is 5.82 Å². The van der Waals surface area contributed by atoms with Crippen LogP contribution in [0.5, 0.6) is 0 Å². The third-order valence-electron chi connectivity index (χ3n) is 4.63. The lowest BCUT2D eigenvalue weighted by Gasteiger charge is -2.33. The number of hydrogen-bond acceptors (Lipinski definition) is 7. The molecule has 148 valence electrons. The van der Waals surface area contributed by atoms with Crippen molar-refractivity contribution in [2.24, 2.45) is 0 Å². The first kappa shape index (κ1) is 19.1. The standard InChI is InChI=1S/C18H20ClN5O3S/c1-28(25,26)7-4-14-12-23(5-6-27-14)18-10-20-8-15(22-18)16-9-21-17-3-2-13(19)11-24(16)17/h2-3,8-11,14H,4-7,12H2,1H3/t14-/m1/s1. The van der Waals surface area contributed by atoms with Crippen LogP contribution in [0.1, 0.15) is 6.42 Å². The summed E-state index contributed by atoms with van der Waals surface area (Å²) in [5.74, 6) is 0.835. The summed E-state index contributed by atoms with van der Waals surface area (Å²) in [6.45, 7) is 1.77. The Hall–Kier alpha value is -2.23. The highest BCUT2D eigenvalue weighted by Gasteiger charge is 2.23. The molecule has 0 N–H and O–H groups in total. The van der Waals surface area contributed by atoms with Crippen molar-refractivity contribution in [2.75, 3.05) is 36.6 Å². The van der Waals surface area contributed by atoms with Crippen molar-refractivity contribution in [3.63, 3.8) is 0 Å². The smallest absolute Gasteiger partial charge is 0.148 e. The fourth-order valence-electron chi connectivity index (χ4n) is 3.22. The monoisotopic (exact) mass is 421 g/mol. The third kappa shape index (κ3) is 4.26. The molecule has 3 aromatic rings. The van der Waals surface area contributed by atoms with E-state index in [0.717, 1.165) is 17.2 Å². The Kier molecular flexibility index (Phi) is 5.22. The molecule has 0 radical (unpaired) electrons. The molecule has 1 aliphatic heterocycles. The Balaban J connectivity index is 1.57. The number of aromatic nitrogens is 4. The maximum absolute atomic E-state index is 11.4. The molecule has 4 heterocycles. The van der Waals surface area contributed by atoms with Crippen LogP contribution in [0, 0.1) is 0 Å². The normalized spacial score (nSPS) is 17.9. The van der Waals surface area contributed by atoms with Gasteiger partial charge in [-0.2, -0.15) is 0 Å². The Morgan fingerprint density at radius 3 is 2.96 bits per heavy atom. The Morgan fingerprint density at radius 2 is 2.14 bits per heavy atom. The van der Waals surface area contributed by atoms with E-state index in [0.29, 0.717) is 36.8 Å². The Labute approximate surface area is 168 Å². The van der Waals surface area contributed by atoms with Crippen LogP contribution >= 0.6 is 11.6 Å². The van der Waals surface area contributed by atoms with Crippen LogP contribution in [0.2, 0.25) is 5.02 Å². The number of anilines is 1. The molecule has 1 fully saturated rings. The van der Waals surface area contributed by atoms with Gasteiger partial charge in [-0.25, -0.2) is 18.4 Å². The molecule has 8 nitrogen and oxygen atoms in total. The van der Waals surface area contributed by atoms with Gasteiger partial charge in [0, 0.05) is 25.5 Å². The molecule has 0 unspecified atom stereocenters. The summed E-state index contributed by atoms with van der Waals surface area (Å²) in [7, 11) is -3.01. The molecule has 0 aliphatic carbocycles. The molecule has 1 saturated heterocycles. The fraction of sp³-hybridized carbons (Fsp3) is 0.389. The van der Waals surface area contributed by atoms with E-state index in [4.69, 9.17) is 21.3 Å². The summed E-state index contributed by atoms with van der Waals surface area (Å²) in [6.07, 6.45) is 8.49. The Morgan fingerprint density at radius 1 is 1.29 bits per heavy atom. The second-order valence-electron chi connectivity index (χ2n) is 6.84. The van der Waals surface area contributed by atoms with Gasteiger partial charge in [0.25, 0.3) is 0 Å². The van der Waals surface area contributed by atoms with Crippen molar-refractivity contribution in [3.8, 4) is 11.4 Å². The molecular weight excluding hydrogens is 402 g/mol. The number of imidazole rings is 1. The van der Waals surface area contributed by atoms with Gasteiger partial charge in [0.05, 0.1) is 47.8 Å². The summed E-state index contributed by atoms with van der Waals surface area (Å²) in [4.78, 5) is 15.5. The molecule has 10 heteroatoms. The van der Waals surface area contributed by atoms with E-state index in [-0.39, 0.29) is 11.9 Å². The summed E-state index contributed by atoms with van der Waals surface area (Å²) in [6, 6.07) is 3.64. The highest BCUT2D eigenvalue weighted by Crippen LogP contribution is 2.23. The molecule has 1 atom stereocenters. The van der Waals surface area contributed by atoms with Gasteiger partial charge >= 0.3 is 0 Å². The first-order chi connectivity index (χ1) is 13.4. The minimum atomic E-state index is -3.01. The minimum absolute atomic E-state index is 0.111. The van der Waals surface area contributed by atoms with E-state index in [9.17, 15) is 8.42 Å². The zero-order chi connectivity index (χ0) is 19.7. The zero-order valence-electron chi connectivity index (χ0n) is 15.3. The van der Waals surface area contributed by atoms with Crippen LogP contribution < -0.4 is 4.90 Å². The minimum Gasteiger partial charge on any atom is -0.375 e. The van der Waals surface area contributed by atoms with Gasteiger partial charge in [0.15, 0.2) is 0 Å². The summed E-state index contributed by atoms with van der Waals surface area (Å²) in [5.41, 5.74) is 2.26. The lowest BCUT2D eigenvalue weighted by molar-refractivity contribution is 0.0386. The highest BCUT2D eigenvalue weighted by molar-refractivity contribution is 7.90. The average Bonchev–Trinajstić information content (AvgIpc) is 3.09. The van der Waals surface area contributed by atoms with Crippen LogP contribution in [-0.4, -0.2) is 65.6 Å². The molecule has 0 aromatic carbocycles. The lowest BCUT2D eigenvalue weighted by Crippen LogP contribution is -2.43. The number of rotatable bonds is 5. The predicted octanol–water partition coefficient (Wildman–Crippen LogP) is 2.08. The van der Waals surface area contributed by atoms with Crippen molar-refractivity contribution in [2.45, 2.75) is 12.5 Å². The number of morpholine rings is 1. The van der Waals surface area contributed by atoms with E-state index in [1.54, 1.807) is 30.9 Å². The van der Waals surface area contributed by atoms with E-state index in [2.05, 4.69) is 14.9 Å². The van der Waals surface area contributed by atoms with Crippen molar-refractivity contribution >= 4 is 32.9 Å². The zero-order valence-corrected chi connectivity index (χ0v) is 16.9. The van der Waals surface area contributed by atoms with Crippen LogP contribution in [0.25, 0.3) is 17.0 Å². The topological polar surface area (TPSA) is 89.7 Å². The van der Waals surface area contributed by atoms with Gasteiger partial charge in [-0.05, 0) is 18.6 Å². The van der Waals surface area contributed by atoms with E-state index in [1.807, 2.05) is 10.5 Å². The number of pyridine rings is 1. The Bertz CT molecular complexity index is 1100. The molecule has 0 spiro atoms. The second kappa shape index (κ2) is 7.65. The number of fused-ring (bicyclic) bond motifs is 1. The van der Waals surface area contributed by atoms with Gasteiger partial charge < -0.3 is 9.64 Å². The summed E-state index contributed by atoms with van der Waals surface area (Å²) in [5, 5.41) is 0.609. The summed E-state index contributed by atoms with van der Waals surface area (Å²) >= 11 is 6.12. The fourth-order valence-corrected chi connectivity index (χ4v) is 4.07. The average molecular weight is 422 g/mol. The lowest BCUT2D eigenvalue weighted by atomic mass is 10.2. The van der Waals surface area contributed by atoms with Crippen molar-refractivity contribution < 1.29 is 13.2 Å². The van der Waals surface area contributed by atoms with Gasteiger partial charge in [-0.3, -0.25) is 9.38 Å². The molecule has 3 aromatic heterocycles. The van der Waals surface area contributed by atoms with E-state index in [1.165, 1.54) is 6.26 Å². The number of nitrogens with zero attached hydrogens (tertiary/aromatic N) is 5. The SMILES string of the molecule is CS(=O)(=O)CC[C@@H]1CN(c2cncc(-c3cnc4ccc(Cl)cn34)n2)CCO1. The van der Waals surface area contributed by atoms with Crippen LogP contribution in [0.3, 0.4) is 0 Å². The summed E-state index contributed by atoms with van der Waals surface area (Å²) < 4.78 is 30.4. The first-order valence-corrected chi connectivity index (χ1v) is 11.3. The van der Waals surface area contributed by atoms with E-state index < -0.39 is 9.84 Å². The highest BCUT2D eigenvalue weighted by atomic mass is 35.5. The van der Waals surface area contributed by atoms with Crippen LogP contribution in [-0.2, 0) is 14.6 Å². The maximum atomic E-state index is 11.4. The van der Waals surface area contributed by atoms with Gasteiger partial charge in [-0.1, -0.05) is 11.6 Å². The third-order valence-corrected chi connectivity index (χ3v) is 5.83.